The topological polar surface area (TPSA) is 17.1 Å². The molecule has 1 nitrogen and oxygen atoms in total. The zero-order valence-corrected chi connectivity index (χ0v) is 7.29. The summed E-state index contributed by atoms with van der Waals surface area (Å²) in [6.07, 6.45) is -5.04. The zero-order valence-electron chi connectivity index (χ0n) is 6.53. The molecule has 0 spiro atoms. The van der Waals surface area contributed by atoms with Crippen LogP contribution in [0.4, 0.5) is 17.6 Å². The number of benzene rings is 1. The lowest BCUT2D eigenvalue weighted by Crippen LogP contribution is -2.12. The molecule has 76 valence electrons. The van der Waals surface area contributed by atoms with Crippen molar-refractivity contribution < 1.29 is 22.4 Å². The molecule has 0 bridgehead atoms. The average Bonchev–Trinajstić information content (AvgIpc) is 2.06. The summed E-state index contributed by atoms with van der Waals surface area (Å²) in [5.74, 6) is -1.51. The number of hydrogen-bond donors (Lipinski definition) is 0. The van der Waals surface area contributed by atoms with E-state index in [9.17, 15) is 22.4 Å². The number of carbonyl (C=O) groups excluding carboxylic acids is 1. The third kappa shape index (κ3) is 1.87. The minimum Gasteiger partial charge on any atom is -0.298 e. The van der Waals surface area contributed by atoms with Gasteiger partial charge >= 0.3 is 6.18 Å². The van der Waals surface area contributed by atoms with Crippen LogP contribution < -0.4 is 0 Å². The first-order chi connectivity index (χ1) is 6.38. The Morgan fingerprint density at radius 2 is 1.86 bits per heavy atom. The number of carbonyl (C=O) groups is 1. The van der Waals surface area contributed by atoms with Gasteiger partial charge in [0, 0.05) is 5.56 Å². The summed E-state index contributed by atoms with van der Waals surface area (Å²) < 4.78 is 49.4. The molecule has 0 saturated heterocycles. The van der Waals surface area contributed by atoms with Gasteiger partial charge in [-0.2, -0.15) is 13.2 Å². The van der Waals surface area contributed by atoms with Crippen LogP contribution in [0, 0.1) is 5.82 Å². The van der Waals surface area contributed by atoms with E-state index in [1.54, 1.807) is 0 Å². The molecule has 0 aliphatic heterocycles. The van der Waals surface area contributed by atoms with Gasteiger partial charge in [-0.1, -0.05) is 11.6 Å². The number of halogens is 5. The fourth-order valence-electron chi connectivity index (χ4n) is 0.971. The van der Waals surface area contributed by atoms with Crippen molar-refractivity contribution in [1.29, 1.82) is 0 Å². The maximum atomic E-state index is 12.8. The highest BCUT2D eigenvalue weighted by atomic mass is 35.5. The van der Waals surface area contributed by atoms with Crippen molar-refractivity contribution in [2.24, 2.45) is 0 Å². The molecule has 0 N–H and O–H groups in total. The minimum atomic E-state index is -4.93. The molecule has 6 heteroatoms. The largest absolute Gasteiger partial charge is 0.419 e. The van der Waals surface area contributed by atoms with Crippen LogP contribution in [0.3, 0.4) is 0 Å². The quantitative estimate of drug-likeness (QED) is 0.530. The minimum absolute atomic E-state index is 0.117. The number of hydrogen-bond acceptors (Lipinski definition) is 1. The normalized spacial score (nSPS) is 11.5. The first kappa shape index (κ1) is 11.0. The Hall–Kier alpha value is -1.10. The Morgan fingerprint density at radius 1 is 1.29 bits per heavy atom. The lowest BCUT2D eigenvalue weighted by atomic mass is 10.1. The van der Waals surface area contributed by atoms with Gasteiger partial charge in [0.1, 0.15) is 11.4 Å². The molecule has 0 radical (unpaired) electrons. The van der Waals surface area contributed by atoms with Crippen molar-refractivity contribution >= 4 is 17.9 Å². The Bertz CT molecular complexity index is 372. The van der Waals surface area contributed by atoms with E-state index in [0.717, 1.165) is 6.07 Å². The van der Waals surface area contributed by atoms with Crippen LogP contribution in [0.1, 0.15) is 15.9 Å². The number of rotatable bonds is 1. The molecule has 1 rings (SSSR count). The fourth-order valence-corrected chi connectivity index (χ4v) is 1.17. The van der Waals surface area contributed by atoms with Crippen molar-refractivity contribution in [1.82, 2.24) is 0 Å². The van der Waals surface area contributed by atoms with Crippen molar-refractivity contribution in [3.05, 3.63) is 34.1 Å². The van der Waals surface area contributed by atoms with Crippen LogP contribution in [0.25, 0.3) is 0 Å². The number of alkyl halides is 3. The van der Waals surface area contributed by atoms with E-state index in [1.807, 2.05) is 0 Å². The lowest BCUT2D eigenvalue weighted by molar-refractivity contribution is -0.140. The molecule has 0 unspecified atom stereocenters. The maximum absolute atomic E-state index is 12.8. The van der Waals surface area contributed by atoms with E-state index in [1.165, 1.54) is 0 Å². The summed E-state index contributed by atoms with van der Waals surface area (Å²) in [6.45, 7) is 0. The molecule has 0 aliphatic carbocycles. The van der Waals surface area contributed by atoms with Crippen LogP contribution in [0.15, 0.2) is 12.1 Å². The molecule has 0 aliphatic rings. The Morgan fingerprint density at radius 3 is 2.21 bits per heavy atom. The summed E-state index contributed by atoms with van der Waals surface area (Å²) in [4.78, 5) is 10.3. The molecular formula is C8H3ClF4O. The first-order valence-electron chi connectivity index (χ1n) is 3.38. The monoisotopic (exact) mass is 226 g/mol. The predicted molar refractivity (Wildman–Crippen MR) is 41.8 cm³/mol. The van der Waals surface area contributed by atoms with Crippen LogP contribution in [0.2, 0.25) is 5.02 Å². The molecule has 14 heavy (non-hydrogen) atoms. The smallest absolute Gasteiger partial charge is 0.298 e. The molecule has 0 heterocycles. The molecule has 0 aromatic heterocycles. The first-order valence-corrected chi connectivity index (χ1v) is 3.76. The van der Waals surface area contributed by atoms with Crippen molar-refractivity contribution in [3.8, 4) is 0 Å². The van der Waals surface area contributed by atoms with Gasteiger partial charge in [0.15, 0.2) is 6.29 Å². The summed E-state index contributed by atoms with van der Waals surface area (Å²) in [6, 6.07) is 1.47. The highest BCUT2D eigenvalue weighted by Gasteiger charge is 2.37. The van der Waals surface area contributed by atoms with Crippen molar-refractivity contribution in [2.45, 2.75) is 6.18 Å². The second-order valence-corrected chi connectivity index (χ2v) is 2.84. The van der Waals surface area contributed by atoms with Crippen LogP contribution in [-0.4, -0.2) is 6.29 Å². The second kappa shape index (κ2) is 3.57. The fraction of sp³-hybridized carbons (Fsp3) is 0.125. The molecule has 0 amide bonds. The van der Waals surface area contributed by atoms with Gasteiger partial charge in [-0.15, -0.1) is 0 Å². The predicted octanol–water partition coefficient (Wildman–Crippen LogP) is 3.31. The molecule has 1 aromatic rings. The van der Waals surface area contributed by atoms with Gasteiger partial charge in [-0.25, -0.2) is 4.39 Å². The van der Waals surface area contributed by atoms with E-state index < -0.39 is 28.1 Å². The lowest BCUT2D eigenvalue weighted by Gasteiger charge is -2.10. The van der Waals surface area contributed by atoms with Gasteiger partial charge in [-0.05, 0) is 12.1 Å². The van der Waals surface area contributed by atoms with Crippen LogP contribution in [-0.2, 0) is 6.18 Å². The standard InChI is InChI=1S/C8H3ClF4O/c9-5-1-2-6(10)7(4(5)3-14)8(11,12)13/h1-3H. The summed E-state index contributed by atoms with van der Waals surface area (Å²) in [5, 5.41) is -0.422. The van der Waals surface area contributed by atoms with Gasteiger partial charge in [0.05, 0.1) is 5.02 Å². The van der Waals surface area contributed by atoms with E-state index >= 15 is 0 Å². The highest BCUT2D eigenvalue weighted by Crippen LogP contribution is 2.35. The van der Waals surface area contributed by atoms with Gasteiger partial charge in [0.25, 0.3) is 0 Å². The summed E-state index contributed by atoms with van der Waals surface area (Å²) in [7, 11) is 0. The second-order valence-electron chi connectivity index (χ2n) is 2.43. The molecule has 1 aromatic carbocycles. The van der Waals surface area contributed by atoms with E-state index in [4.69, 9.17) is 11.6 Å². The Balaban J connectivity index is 3.53. The molecule has 0 atom stereocenters. The van der Waals surface area contributed by atoms with E-state index in [0.29, 0.717) is 6.07 Å². The molecule has 0 saturated carbocycles. The zero-order chi connectivity index (χ0) is 10.9. The summed E-state index contributed by atoms with van der Waals surface area (Å²) in [5.41, 5.74) is -2.50. The SMILES string of the molecule is O=Cc1c(Cl)ccc(F)c1C(F)(F)F. The van der Waals surface area contributed by atoms with E-state index in [-0.39, 0.29) is 6.29 Å². The van der Waals surface area contributed by atoms with Gasteiger partial charge < -0.3 is 0 Å². The summed E-state index contributed by atoms with van der Waals surface area (Å²) >= 11 is 5.31. The average molecular weight is 227 g/mol. The van der Waals surface area contributed by atoms with Gasteiger partial charge in [-0.3, -0.25) is 4.79 Å². The van der Waals surface area contributed by atoms with Gasteiger partial charge in [0.2, 0.25) is 0 Å². The number of aldehydes is 1. The third-order valence-corrected chi connectivity index (χ3v) is 1.87. The molecule has 0 fully saturated rings. The van der Waals surface area contributed by atoms with Crippen LogP contribution in [0.5, 0.6) is 0 Å². The van der Waals surface area contributed by atoms with Crippen LogP contribution >= 0.6 is 11.6 Å². The maximum Gasteiger partial charge on any atom is 0.419 e. The van der Waals surface area contributed by atoms with E-state index in [2.05, 4.69) is 0 Å². The molecular weight excluding hydrogens is 224 g/mol. The third-order valence-electron chi connectivity index (χ3n) is 1.54. The Kier molecular flexibility index (Phi) is 2.80. The Labute approximate surface area is 81.3 Å². The highest BCUT2D eigenvalue weighted by molar-refractivity contribution is 6.33. The van der Waals surface area contributed by atoms with Crippen molar-refractivity contribution in [3.63, 3.8) is 0 Å². The van der Waals surface area contributed by atoms with Crippen molar-refractivity contribution in [2.75, 3.05) is 0 Å².